The highest BCUT2D eigenvalue weighted by molar-refractivity contribution is 6.31. The van der Waals surface area contributed by atoms with E-state index in [2.05, 4.69) is 15.6 Å². The smallest absolute Gasteiger partial charge is 0.291 e. The Morgan fingerprint density at radius 2 is 2.04 bits per heavy atom. The summed E-state index contributed by atoms with van der Waals surface area (Å²) >= 11 is 5.76. The Hall–Kier alpha value is -2.41. The van der Waals surface area contributed by atoms with Crippen LogP contribution in [-0.4, -0.2) is 27.4 Å². The highest BCUT2D eigenvalue weighted by Crippen LogP contribution is 2.25. The first-order valence-corrected chi connectivity index (χ1v) is 9.07. The summed E-state index contributed by atoms with van der Waals surface area (Å²) in [7, 11) is 0. The van der Waals surface area contributed by atoms with E-state index in [1.807, 2.05) is 4.57 Å². The molecule has 1 fully saturated rings. The molecule has 2 N–H and O–H groups in total. The lowest BCUT2D eigenvalue weighted by Crippen LogP contribution is -2.27. The number of rotatable bonds is 4. The van der Waals surface area contributed by atoms with E-state index in [4.69, 9.17) is 11.6 Å². The van der Waals surface area contributed by atoms with E-state index in [1.165, 1.54) is 18.2 Å². The molecule has 1 aliphatic carbocycles. The minimum atomic E-state index is -0.554. The number of fused-ring (bicyclic) bond motifs is 1. The van der Waals surface area contributed by atoms with Gasteiger partial charge in [-0.2, -0.15) is 0 Å². The molecule has 0 atom stereocenters. The fourth-order valence-electron chi connectivity index (χ4n) is 3.14. The van der Waals surface area contributed by atoms with Crippen LogP contribution in [0.1, 0.15) is 52.5 Å². The van der Waals surface area contributed by atoms with Crippen molar-refractivity contribution in [2.75, 3.05) is 5.32 Å². The molecule has 26 heavy (non-hydrogen) atoms. The van der Waals surface area contributed by atoms with Crippen molar-refractivity contribution in [1.82, 2.24) is 14.9 Å². The third-order valence-corrected chi connectivity index (χ3v) is 4.92. The molecule has 0 saturated heterocycles. The molecule has 2 aromatic rings. The number of aromatic nitrogens is 2. The lowest BCUT2D eigenvalue weighted by molar-refractivity contribution is 0.0945. The van der Waals surface area contributed by atoms with Crippen molar-refractivity contribution in [3.8, 4) is 0 Å². The number of hydrogen-bond acceptors (Lipinski definition) is 3. The number of nitrogens with zero attached hydrogens (tertiary/aromatic N) is 2. The zero-order valence-corrected chi connectivity index (χ0v) is 14.8. The van der Waals surface area contributed by atoms with Crippen LogP contribution in [0.4, 0.5) is 10.1 Å². The number of nitrogens with one attached hydrogen (secondary N) is 2. The van der Waals surface area contributed by atoms with Gasteiger partial charge in [0.1, 0.15) is 11.5 Å². The van der Waals surface area contributed by atoms with Crippen LogP contribution >= 0.6 is 11.6 Å². The van der Waals surface area contributed by atoms with Gasteiger partial charge < -0.3 is 15.2 Å². The van der Waals surface area contributed by atoms with Gasteiger partial charge in [-0.05, 0) is 50.3 Å². The molecule has 136 valence electrons. The average molecular weight is 377 g/mol. The molecule has 1 aromatic heterocycles. The summed E-state index contributed by atoms with van der Waals surface area (Å²) in [6, 6.07) is 4.19. The van der Waals surface area contributed by atoms with Gasteiger partial charge in [0.2, 0.25) is 0 Å². The molecule has 0 unspecified atom stereocenters. The van der Waals surface area contributed by atoms with Crippen molar-refractivity contribution in [1.29, 1.82) is 0 Å². The van der Waals surface area contributed by atoms with Crippen LogP contribution in [0.25, 0.3) is 0 Å². The van der Waals surface area contributed by atoms with E-state index in [1.54, 1.807) is 0 Å². The van der Waals surface area contributed by atoms with Gasteiger partial charge in [-0.3, -0.25) is 9.59 Å². The van der Waals surface area contributed by atoms with E-state index >= 15 is 0 Å². The Morgan fingerprint density at radius 3 is 2.77 bits per heavy atom. The van der Waals surface area contributed by atoms with Crippen molar-refractivity contribution in [2.45, 2.75) is 44.7 Å². The summed E-state index contributed by atoms with van der Waals surface area (Å²) in [6.45, 7) is 0.645. The number of amides is 2. The molecule has 2 amide bonds. The molecule has 6 nitrogen and oxygen atoms in total. The first-order valence-electron chi connectivity index (χ1n) is 8.69. The number of carbonyl (C=O) groups is 2. The molecular weight excluding hydrogens is 359 g/mol. The standard InChI is InChI=1S/C18H18ClFN4O2/c19-12-9-11(6-7-13(12)20)22-18(26)16-23-15(17(25)21-10-4-5-10)14-3-1-2-8-24(14)16/h6-7,9-10H,1-5,8H2,(H,21,25)(H,22,26). The van der Waals surface area contributed by atoms with Gasteiger partial charge in [0.15, 0.2) is 5.82 Å². The Morgan fingerprint density at radius 1 is 1.23 bits per heavy atom. The highest BCUT2D eigenvalue weighted by atomic mass is 35.5. The number of anilines is 1. The van der Waals surface area contributed by atoms with Gasteiger partial charge in [0.05, 0.1) is 10.7 Å². The Kier molecular flexibility index (Phi) is 4.40. The Bertz CT molecular complexity index is 892. The normalized spacial score (nSPS) is 16.1. The molecule has 1 aliphatic heterocycles. The van der Waals surface area contributed by atoms with Gasteiger partial charge in [-0.15, -0.1) is 0 Å². The second-order valence-corrected chi connectivity index (χ2v) is 7.08. The zero-order chi connectivity index (χ0) is 18.3. The van der Waals surface area contributed by atoms with Gasteiger partial charge in [0, 0.05) is 18.3 Å². The summed E-state index contributed by atoms with van der Waals surface area (Å²) in [5.41, 5.74) is 1.51. The molecule has 0 spiro atoms. The molecule has 4 rings (SSSR count). The van der Waals surface area contributed by atoms with Crippen LogP contribution in [0.5, 0.6) is 0 Å². The number of imidazole rings is 1. The first-order chi connectivity index (χ1) is 12.5. The largest absolute Gasteiger partial charge is 0.348 e. The predicted octanol–water partition coefficient (Wildman–Crippen LogP) is 3.16. The Labute approximate surface area is 154 Å². The third-order valence-electron chi connectivity index (χ3n) is 4.63. The van der Waals surface area contributed by atoms with Crippen LogP contribution < -0.4 is 10.6 Å². The average Bonchev–Trinajstić information content (AvgIpc) is 3.34. The summed E-state index contributed by atoms with van der Waals surface area (Å²) in [5, 5.41) is 5.54. The monoisotopic (exact) mass is 376 g/mol. The van der Waals surface area contributed by atoms with E-state index in [0.717, 1.165) is 37.8 Å². The predicted molar refractivity (Wildman–Crippen MR) is 95.0 cm³/mol. The number of halogens is 2. The van der Waals surface area contributed by atoms with Crippen molar-refractivity contribution in [3.63, 3.8) is 0 Å². The molecule has 1 saturated carbocycles. The molecule has 0 bridgehead atoms. The lowest BCUT2D eigenvalue weighted by atomic mass is 10.1. The second-order valence-electron chi connectivity index (χ2n) is 6.67. The van der Waals surface area contributed by atoms with Gasteiger partial charge in [-0.1, -0.05) is 11.6 Å². The van der Waals surface area contributed by atoms with Gasteiger partial charge >= 0.3 is 0 Å². The molecule has 1 aromatic carbocycles. The van der Waals surface area contributed by atoms with Crippen LogP contribution in [0, 0.1) is 5.82 Å². The van der Waals surface area contributed by atoms with Gasteiger partial charge in [-0.25, -0.2) is 9.37 Å². The molecule has 8 heteroatoms. The van der Waals surface area contributed by atoms with Crippen LogP contribution in [-0.2, 0) is 13.0 Å². The fourth-order valence-corrected chi connectivity index (χ4v) is 3.32. The third kappa shape index (κ3) is 3.31. The summed E-state index contributed by atoms with van der Waals surface area (Å²) in [4.78, 5) is 29.5. The van der Waals surface area contributed by atoms with Crippen molar-refractivity contribution in [2.24, 2.45) is 0 Å². The van der Waals surface area contributed by atoms with E-state index in [-0.39, 0.29) is 22.8 Å². The van der Waals surface area contributed by atoms with Crippen molar-refractivity contribution >= 4 is 29.1 Å². The van der Waals surface area contributed by atoms with Crippen LogP contribution in [0.3, 0.4) is 0 Å². The molecule has 0 radical (unpaired) electrons. The molecule has 2 aliphatic rings. The van der Waals surface area contributed by atoms with Crippen molar-refractivity contribution < 1.29 is 14.0 Å². The van der Waals surface area contributed by atoms with Crippen molar-refractivity contribution in [3.05, 3.63) is 46.3 Å². The minimum Gasteiger partial charge on any atom is -0.348 e. The highest BCUT2D eigenvalue weighted by Gasteiger charge is 2.30. The lowest BCUT2D eigenvalue weighted by Gasteiger charge is -2.17. The number of hydrogen-bond donors (Lipinski definition) is 2. The summed E-state index contributed by atoms with van der Waals surface area (Å²) in [5.74, 6) is -1.02. The van der Waals surface area contributed by atoms with Crippen LogP contribution in [0.15, 0.2) is 18.2 Å². The van der Waals surface area contributed by atoms with E-state index in [0.29, 0.717) is 17.9 Å². The second kappa shape index (κ2) is 6.72. The molecule has 2 heterocycles. The summed E-state index contributed by atoms with van der Waals surface area (Å²) < 4.78 is 15.1. The van der Waals surface area contributed by atoms with E-state index < -0.39 is 11.7 Å². The van der Waals surface area contributed by atoms with Crippen LogP contribution in [0.2, 0.25) is 5.02 Å². The topological polar surface area (TPSA) is 76.0 Å². The number of benzene rings is 1. The fraction of sp³-hybridized carbons (Fsp3) is 0.389. The minimum absolute atomic E-state index is 0.0718. The summed E-state index contributed by atoms with van der Waals surface area (Å²) in [6.07, 6.45) is 4.58. The SMILES string of the molecule is O=C(NC1CC1)c1nc(C(=O)Nc2ccc(F)c(Cl)c2)n2c1CCCC2. The maximum atomic E-state index is 13.3. The Balaban J connectivity index is 1.62. The van der Waals surface area contributed by atoms with E-state index in [9.17, 15) is 14.0 Å². The first kappa shape index (κ1) is 17.0. The zero-order valence-electron chi connectivity index (χ0n) is 14.0. The van der Waals surface area contributed by atoms with Gasteiger partial charge in [0.25, 0.3) is 11.8 Å². The quantitative estimate of drug-likeness (QED) is 0.860. The maximum Gasteiger partial charge on any atom is 0.291 e. The number of carbonyl (C=O) groups excluding carboxylic acids is 2. The molecular formula is C18H18ClFN4O2. The maximum absolute atomic E-state index is 13.3.